The number of hydrogen-bond acceptors (Lipinski definition) is 1. The third-order valence-electron chi connectivity index (χ3n) is 2.14. The van der Waals surface area contributed by atoms with Crippen LogP contribution in [0.2, 0.25) is 0 Å². The number of aromatic nitrogens is 1. The van der Waals surface area contributed by atoms with Crippen LogP contribution in [0.5, 0.6) is 0 Å². The molecule has 0 saturated heterocycles. The van der Waals surface area contributed by atoms with Gasteiger partial charge in [-0.15, -0.1) is 0 Å². The van der Waals surface area contributed by atoms with Gasteiger partial charge in [0, 0.05) is 21.6 Å². The molecule has 0 spiro atoms. The highest BCUT2D eigenvalue weighted by Gasteiger charge is 2.02. The average Bonchev–Trinajstić information content (AvgIpc) is 2.49. The van der Waals surface area contributed by atoms with Gasteiger partial charge in [0.05, 0.1) is 0 Å². The van der Waals surface area contributed by atoms with E-state index in [0.717, 1.165) is 10.9 Å². The number of halogens is 1. The minimum Gasteiger partial charge on any atom is -0.361 e. The molecule has 2 rings (SSSR count). The Morgan fingerprint density at radius 1 is 1.36 bits per heavy atom. The largest absolute Gasteiger partial charge is 0.361 e. The predicted molar refractivity (Wildman–Crippen MR) is 65.5 cm³/mol. The van der Waals surface area contributed by atoms with Gasteiger partial charge in [-0.2, -0.15) is 0 Å². The second-order valence-electron chi connectivity index (χ2n) is 3.04. The first kappa shape index (κ1) is 11.3. The van der Waals surface area contributed by atoms with Crippen molar-refractivity contribution in [2.45, 2.75) is 13.8 Å². The summed E-state index contributed by atoms with van der Waals surface area (Å²) >= 11 is 3.46. The van der Waals surface area contributed by atoms with Gasteiger partial charge in [0.25, 0.3) is 0 Å². The fraction of sp³-hybridized carbons (Fsp3) is 0.273. The summed E-state index contributed by atoms with van der Waals surface area (Å²) in [6, 6.07) is 6.22. The summed E-state index contributed by atoms with van der Waals surface area (Å²) in [4.78, 5) is 3.22. The topological polar surface area (TPSA) is 41.8 Å². The van der Waals surface area contributed by atoms with Crippen LogP contribution in [-0.2, 0) is 6.42 Å². The predicted octanol–water partition coefficient (Wildman–Crippen LogP) is 3.07. The molecule has 2 aromatic rings. The van der Waals surface area contributed by atoms with Crippen LogP contribution >= 0.6 is 15.9 Å². The summed E-state index contributed by atoms with van der Waals surface area (Å²) in [6.07, 6.45) is 2.96. The Balaban J connectivity index is 0.000000980. The first-order valence-electron chi connectivity index (χ1n) is 4.27. The number of fused-ring (bicyclic) bond motifs is 1. The summed E-state index contributed by atoms with van der Waals surface area (Å²) in [5.74, 6) is 0. The molecule has 0 saturated carbocycles. The first-order valence-corrected chi connectivity index (χ1v) is 5.06. The van der Waals surface area contributed by atoms with Crippen LogP contribution in [0.1, 0.15) is 13.0 Å². The minimum atomic E-state index is 0. The Morgan fingerprint density at radius 2 is 2.14 bits per heavy atom. The second kappa shape index (κ2) is 4.62. The molecule has 3 heteroatoms. The monoisotopic (exact) mass is 254 g/mol. The molecular weight excluding hydrogens is 240 g/mol. The van der Waals surface area contributed by atoms with Gasteiger partial charge >= 0.3 is 0 Å². The summed E-state index contributed by atoms with van der Waals surface area (Å²) in [6.45, 7) is 0.694. The van der Waals surface area contributed by atoms with Crippen LogP contribution in [0.25, 0.3) is 10.9 Å². The van der Waals surface area contributed by atoms with Crippen molar-refractivity contribution in [1.82, 2.24) is 4.98 Å². The van der Waals surface area contributed by atoms with Crippen LogP contribution in [0, 0.1) is 0 Å². The lowest BCUT2D eigenvalue weighted by Gasteiger charge is -1.96. The van der Waals surface area contributed by atoms with E-state index in [9.17, 15) is 0 Å². The van der Waals surface area contributed by atoms with Gasteiger partial charge in [-0.1, -0.05) is 23.4 Å². The Bertz CT molecular complexity index is 420. The number of H-pyrrole nitrogens is 1. The van der Waals surface area contributed by atoms with E-state index in [1.807, 2.05) is 12.3 Å². The zero-order chi connectivity index (χ0) is 9.26. The average molecular weight is 255 g/mol. The molecule has 0 unspecified atom stereocenters. The fourth-order valence-electron chi connectivity index (χ4n) is 1.51. The zero-order valence-corrected chi connectivity index (χ0v) is 8.76. The molecule has 0 aliphatic carbocycles. The molecule has 1 heterocycles. The Morgan fingerprint density at radius 3 is 2.86 bits per heavy atom. The van der Waals surface area contributed by atoms with E-state index < -0.39 is 0 Å². The van der Waals surface area contributed by atoms with Crippen LogP contribution < -0.4 is 5.73 Å². The molecule has 0 aliphatic rings. The molecule has 3 N–H and O–H groups in total. The van der Waals surface area contributed by atoms with Crippen molar-refractivity contribution in [3.63, 3.8) is 0 Å². The standard InChI is InChI=1S/C10H11BrN2.CH4/c11-8-1-2-10-9(5-8)7(3-4-12)6-13-10;/h1-2,5-6,13H,3-4,12H2;1H4. The lowest BCUT2D eigenvalue weighted by atomic mass is 10.1. The fourth-order valence-corrected chi connectivity index (χ4v) is 1.87. The van der Waals surface area contributed by atoms with Crippen molar-refractivity contribution >= 4 is 26.8 Å². The molecule has 76 valence electrons. The van der Waals surface area contributed by atoms with Gasteiger partial charge in [0.1, 0.15) is 0 Å². The highest BCUT2D eigenvalue weighted by molar-refractivity contribution is 9.10. The molecule has 0 amide bonds. The van der Waals surface area contributed by atoms with Crippen molar-refractivity contribution in [2.24, 2.45) is 5.73 Å². The van der Waals surface area contributed by atoms with E-state index in [4.69, 9.17) is 5.73 Å². The van der Waals surface area contributed by atoms with Crippen LogP contribution in [-0.4, -0.2) is 11.5 Å². The second-order valence-corrected chi connectivity index (χ2v) is 3.96. The number of rotatable bonds is 2. The van der Waals surface area contributed by atoms with E-state index in [-0.39, 0.29) is 7.43 Å². The normalized spacial score (nSPS) is 10.1. The van der Waals surface area contributed by atoms with Gasteiger partial charge in [0.2, 0.25) is 0 Å². The third kappa shape index (κ3) is 1.99. The molecule has 2 nitrogen and oxygen atoms in total. The van der Waals surface area contributed by atoms with Crippen molar-refractivity contribution in [2.75, 3.05) is 6.54 Å². The van der Waals surface area contributed by atoms with Gasteiger partial charge in [-0.3, -0.25) is 0 Å². The molecule has 0 fully saturated rings. The number of nitrogens with two attached hydrogens (primary N) is 1. The lowest BCUT2D eigenvalue weighted by molar-refractivity contribution is 0.976. The Hall–Kier alpha value is -0.800. The van der Waals surface area contributed by atoms with Gasteiger partial charge < -0.3 is 10.7 Å². The zero-order valence-electron chi connectivity index (χ0n) is 7.18. The van der Waals surface area contributed by atoms with E-state index in [1.165, 1.54) is 16.5 Å². The highest BCUT2D eigenvalue weighted by Crippen LogP contribution is 2.22. The Labute approximate surface area is 92.6 Å². The first-order chi connectivity index (χ1) is 6.31. The molecular formula is C11H15BrN2. The van der Waals surface area contributed by atoms with E-state index >= 15 is 0 Å². The number of nitrogens with one attached hydrogen (secondary N) is 1. The maximum atomic E-state index is 5.52. The highest BCUT2D eigenvalue weighted by atomic mass is 79.9. The lowest BCUT2D eigenvalue weighted by Crippen LogP contribution is -2.01. The number of benzene rings is 1. The van der Waals surface area contributed by atoms with E-state index in [0.29, 0.717) is 6.54 Å². The van der Waals surface area contributed by atoms with Crippen LogP contribution in [0.15, 0.2) is 28.9 Å². The quantitative estimate of drug-likeness (QED) is 0.850. The van der Waals surface area contributed by atoms with E-state index in [2.05, 4.69) is 33.0 Å². The maximum absolute atomic E-state index is 5.52. The smallest absolute Gasteiger partial charge is 0.0457 e. The minimum absolute atomic E-state index is 0. The molecule has 0 bridgehead atoms. The molecule has 0 aliphatic heterocycles. The molecule has 0 radical (unpaired) electrons. The van der Waals surface area contributed by atoms with Crippen molar-refractivity contribution in [3.05, 3.63) is 34.4 Å². The van der Waals surface area contributed by atoms with Gasteiger partial charge in [-0.25, -0.2) is 0 Å². The molecule has 1 aromatic carbocycles. The van der Waals surface area contributed by atoms with Gasteiger partial charge in [-0.05, 0) is 36.7 Å². The van der Waals surface area contributed by atoms with Crippen LogP contribution in [0.3, 0.4) is 0 Å². The van der Waals surface area contributed by atoms with Crippen molar-refractivity contribution < 1.29 is 0 Å². The number of hydrogen-bond donors (Lipinski definition) is 2. The Kier molecular flexibility index (Phi) is 3.72. The molecule has 14 heavy (non-hydrogen) atoms. The third-order valence-corrected chi connectivity index (χ3v) is 2.64. The number of aromatic amines is 1. The summed E-state index contributed by atoms with van der Waals surface area (Å²) in [5, 5.41) is 1.26. The van der Waals surface area contributed by atoms with Crippen molar-refractivity contribution in [1.29, 1.82) is 0 Å². The summed E-state index contributed by atoms with van der Waals surface area (Å²) in [5.41, 5.74) is 7.99. The van der Waals surface area contributed by atoms with Gasteiger partial charge in [0.15, 0.2) is 0 Å². The molecule has 1 aromatic heterocycles. The summed E-state index contributed by atoms with van der Waals surface area (Å²) < 4.78 is 1.11. The van der Waals surface area contributed by atoms with Crippen LogP contribution in [0.4, 0.5) is 0 Å². The SMILES string of the molecule is C.NCCc1c[nH]c2ccc(Br)cc12. The van der Waals surface area contributed by atoms with E-state index in [1.54, 1.807) is 0 Å². The maximum Gasteiger partial charge on any atom is 0.0457 e. The van der Waals surface area contributed by atoms with Crippen molar-refractivity contribution in [3.8, 4) is 0 Å². The summed E-state index contributed by atoms with van der Waals surface area (Å²) in [7, 11) is 0. The molecule has 0 atom stereocenters.